The second-order valence-corrected chi connectivity index (χ2v) is 4.28. The Bertz CT molecular complexity index is 156. The minimum atomic E-state index is -0.0356. The number of thioether (sulfide) groups is 1. The molecule has 1 atom stereocenters. The number of Topliss-reactive ketones (excluding diaryl/α,β-unsaturated/α-hetero) is 1. The molecule has 0 aliphatic heterocycles. The summed E-state index contributed by atoms with van der Waals surface area (Å²) in [5.74, 6) is 1.39. The number of carbonyl (C=O) groups is 1. The Balaban J connectivity index is 3.81. The van der Waals surface area contributed by atoms with Crippen molar-refractivity contribution in [3.8, 4) is 0 Å². The Morgan fingerprint density at radius 2 is 2.29 bits per heavy atom. The highest BCUT2D eigenvalue weighted by Crippen LogP contribution is 2.05. The molecule has 0 spiro atoms. The number of hydrogen-bond acceptors (Lipinski definition) is 5. The molecule has 0 unspecified atom stereocenters. The lowest BCUT2D eigenvalue weighted by atomic mass is 10.1. The average Bonchev–Trinajstić information content (AvgIpc) is 2.17. The summed E-state index contributed by atoms with van der Waals surface area (Å²) in [4.78, 5) is 11.6. The number of rotatable bonds is 9. The number of ketones is 1. The number of unbranched alkanes of at least 4 members (excludes halogenated alkanes) is 1. The quantitative estimate of drug-likeness (QED) is 0.316. The molecule has 5 heteroatoms. The van der Waals surface area contributed by atoms with Crippen LogP contribution in [0.15, 0.2) is 0 Å². The van der Waals surface area contributed by atoms with E-state index in [1.807, 2.05) is 6.26 Å². The predicted octanol–water partition coefficient (Wildman–Crippen LogP) is 0.893. The molecule has 0 aromatic rings. The molecule has 0 radical (unpaired) electrons. The van der Waals surface area contributed by atoms with E-state index in [0.29, 0.717) is 18.2 Å². The molecule has 0 rings (SSSR count). The largest absolute Gasteiger partial charge is 0.330 e. The van der Waals surface area contributed by atoms with Crippen molar-refractivity contribution in [2.24, 2.45) is 5.73 Å². The Morgan fingerprint density at radius 1 is 1.57 bits per heavy atom. The van der Waals surface area contributed by atoms with Gasteiger partial charge in [0.2, 0.25) is 0 Å². The third-order valence-corrected chi connectivity index (χ3v) is 2.72. The molecule has 0 fully saturated rings. The minimum Gasteiger partial charge on any atom is -0.330 e. The molecule has 0 aliphatic carbocycles. The van der Waals surface area contributed by atoms with Gasteiger partial charge in [-0.25, -0.2) is 0 Å². The van der Waals surface area contributed by atoms with E-state index in [9.17, 15) is 4.79 Å². The van der Waals surface area contributed by atoms with E-state index in [1.165, 1.54) is 0 Å². The number of carbonyl (C=O) groups excluding carboxylic acids is 1. The van der Waals surface area contributed by atoms with Crippen molar-refractivity contribution >= 4 is 30.2 Å². The van der Waals surface area contributed by atoms with Crippen LogP contribution in [0.25, 0.3) is 0 Å². The average molecular weight is 236 g/mol. The first kappa shape index (κ1) is 14.3. The summed E-state index contributed by atoms with van der Waals surface area (Å²) in [6.07, 6.45) is 4.80. The highest BCUT2D eigenvalue weighted by Gasteiger charge is 2.15. The van der Waals surface area contributed by atoms with Gasteiger partial charge in [0.25, 0.3) is 0 Å². The van der Waals surface area contributed by atoms with Crippen LogP contribution < -0.4 is 11.1 Å². The SMILES string of the molecule is CSCC(=O)[C@H](CCCCN)NCS. The molecule has 3 nitrogen and oxygen atoms in total. The standard InChI is InChI=1S/C9H20N2OS2/c1-14-6-9(12)8(11-7-13)4-2-3-5-10/h8,11,13H,2-7,10H2,1H3/t8-/m0/s1. The van der Waals surface area contributed by atoms with E-state index in [1.54, 1.807) is 11.8 Å². The molecule has 0 aromatic heterocycles. The van der Waals surface area contributed by atoms with E-state index < -0.39 is 0 Å². The van der Waals surface area contributed by atoms with Gasteiger partial charge in [0, 0.05) is 5.88 Å². The zero-order chi connectivity index (χ0) is 10.8. The van der Waals surface area contributed by atoms with E-state index in [2.05, 4.69) is 17.9 Å². The van der Waals surface area contributed by atoms with E-state index in [-0.39, 0.29) is 11.8 Å². The van der Waals surface area contributed by atoms with Gasteiger partial charge < -0.3 is 5.73 Å². The van der Waals surface area contributed by atoms with Gasteiger partial charge in [-0.2, -0.15) is 24.4 Å². The zero-order valence-corrected chi connectivity index (χ0v) is 10.4. The molecule has 0 aliphatic rings. The van der Waals surface area contributed by atoms with Crippen LogP contribution in [0.2, 0.25) is 0 Å². The number of nitrogens with one attached hydrogen (secondary N) is 1. The molecular formula is C9H20N2OS2. The lowest BCUT2D eigenvalue weighted by Gasteiger charge is -2.15. The zero-order valence-electron chi connectivity index (χ0n) is 8.66. The minimum absolute atomic E-state index is 0.0356. The first-order valence-electron chi connectivity index (χ1n) is 4.82. The maximum absolute atomic E-state index is 11.6. The molecule has 0 aromatic carbocycles. The lowest BCUT2D eigenvalue weighted by molar-refractivity contribution is -0.118. The summed E-state index contributed by atoms with van der Waals surface area (Å²) in [5, 5.41) is 3.09. The topological polar surface area (TPSA) is 55.1 Å². The number of nitrogens with two attached hydrogens (primary N) is 1. The number of thiol groups is 1. The third-order valence-electron chi connectivity index (χ3n) is 1.96. The van der Waals surface area contributed by atoms with Crippen molar-refractivity contribution in [3.05, 3.63) is 0 Å². The van der Waals surface area contributed by atoms with E-state index in [4.69, 9.17) is 5.73 Å². The first-order valence-corrected chi connectivity index (χ1v) is 6.84. The molecule has 14 heavy (non-hydrogen) atoms. The van der Waals surface area contributed by atoms with Crippen molar-refractivity contribution in [2.75, 3.05) is 24.4 Å². The third kappa shape index (κ3) is 6.70. The van der Waals surface area contributed by atoms with Crippen molar-refractivity contribution in [2.45, 2.75) is 25.3 Å². The highest BCUT2D eigenvalue weighted by atomic mass is 32.2. The van der Waals surface area contributed by atoms with Crippen LogP contribution >= 0.6 is 24.4 Å². The van der Waals surface area contributed by atoms with Crippen LogP contribution in [0.1, 0.15) is 19.3 Å². The van der Waals surface area contributed by atoms with Crippen molar-refractivity contribution in [1.29, 1.82) is 0 Å². The molecule has 0 amide bonds. The first-order chi connectivity index (χ1) is 6.76. The Labute approximate surface area is 96.0 Å². The molecular weight excluding hydrogens is 216 g/mol. The van der Waals surface area contributed by atoms with E-state index >= 15 is 0 Å². The molecule has 0 saturated carbocycles. The van der Waals surface area contributed by atoms with Gasteiger partial charge in [0.05, 0.1) is 11.8 Å². The Hall–Kier alpha value is 0.290. The fraction of sp³-hybridized carbons (Fsp3) is 0.889. The fourth-order valence-corrected chi connectivity index (χ4v) is 1.93. The summed E-state index contributed by atoms with van der Waals surface area (Å²) >= 11 is 5.64. The van der Waals surface area contributed by atoms with E-state index in [0.717, 1.165) is 19.3 Å². The Kier molecular flexibility index (Phi) is 10.0. The maximum Gasteiger partial charge on any atom is 0.159 e. The number of hydrogen-bond donors (Lipinski definition) is 3. The van der Waals surface area contributed by atoms with Gasteiger partial charge in [-0.15, -0.1) is 0 Å². The predicted molar refractivity (Wildman–Crippen MR) is 67.1 cm³/mol. The summed E-state index contributed by atoms with van der Waals surface area (Å²) in [7, 11) is 0. The maximum atomic E-state index is 11.6. The summed E-state index contributed by atoms with van der Waals surface area (Å²) < 4.78 is 0. The fourth-order valence-electron chi connectivity index (χ4n) is 1.22. The van der Waals surface area contributed by atoms with Gasteiger partial charge in [0.15, 0.2) is 5.78 Å². The Morgan fingerprint density at radius 3 is 2.79 bits per heavy atom. The van der Waals surface area contributed by atoms with Gasteiger partial charge in [0.1, 0.15) is 0 Å². The van der Waals surface area contributed by atoms with Crippen LogP contribution in [0.3, 0.4) is 0 Å². The van der Waals surface area contributed by atoms with Crippen molar-refractivity contribution < 1.29 is 4.79 Å². The van der Waals surface area contributed by atoms with Crippen LogP contribution in [0.5, 0.6) is 0 Å². The molecule has 0 saturated heterocycles. The smallest absolute Gasteiger partial charge is 0.159 e. The monoisotopic (exact) mass is 236 g/mol. The summed E-state index contributed by atoms with van der Waals surface area (Å²) in [6, 6.07) is -0.0356. The van der Waals surface area contributed by atoms with Gasteiger partial charge in [-0.3, -0.25) is 10.1 Å². The molecule has 0 heterocycles. The van der Waals surface area contributed by atoms with Gasteiger partial charge in [-0.1, -0.05) is 6.42 Å². The van der Waals surface area contributed by atoms with Crippen molar-refractivity contribution in [1.82, 2.24) is 5.32 Å². The molecule has 0 bridgehead atoms. The normalized spacial score (nSPS) is 12.8. The summed E-state index contributed by atoms with van der Waals surface area (Å²) in [6.45, 7) is 0.699. The van der Waals surface area contributed by atoms with Gasteiger partial charge in [-0.05, 0) is 25.6 Å². The molecule has 3 N–H and O–H groups in total. The van der Waals surface area contributed by atoms with Crippen LogP contribution in [-0.4, -0.2) is 36.3 Å². The highest BCUT2D eigenvalue weighted by molar-refractivity contribution is 7.99. The summed E-state index contributed by atoms with van der Waals surface area (Å²) in [5.41, 5.74) is 5.40. The van der Waals surface area contributed by atoms with Gasteiger partial charge >= 0.3 is 0 Å². The van der Waals surface area contributed by atoms with Crippen LogP contribution in [0, 0.1) is 0 Å². The van der Waals surface area contributed by atoms with Crippen LogP contribution in [0.4, 0.5) is 0 Å². The van der Waals surface area contributed by atoms with Crippen LogP contribution in [-0.2, 0) is 4.79 Å². The second-order valence-electron chi connectivity index (χ2n) is 3.10. The second kappa shape index (κ2) is 9.83. The lowest BCUT2D eigenvalue weighted by Crippen LogP contribution is -2.37. The van der Waals surface area contributed by atoms with Crippen molar-refractivity contribution in [3.63, 3.8) is 0 Å². The molecule has 84 valence electrons.